The number of hydrogen-bond donors (Lipinski definition) is 3. The molecule has 5 heteroatoms. The third kappa shape index (κ3) is 3.15. The van der Waals surface area contributed by atoms with Gasteiger partial charge in [0.1, 0.15) is 5.75 Å². The molecule has 1 aromatic carbocycles. The predicted molar refractivity (Wildman–Crippen MR) is 59.0 cm³/mol. The Morgan fingerprint density at radius 2 is 2.08 bits per heavy atom. The summed E-state index contributed by atoms with van der Waals surface area (Å²) in [6.45, 7) is 0.329. The molecule has 3 nitrogen and oxygen atoms in total. The average Bonchev–Trinajstić information content (AvgIpc) is 2.03. The summed E-state index contributed by atoms with van der Waals surface area (Å²) in [7, 11) is 0. The summed E-state index contributed by atoms with van der Waals surface area (Å²) in [5.41, 5.74) is 11.7. The van der Waals surface area contributed by atoms with Gasteiger partial charge >= 0.3 is 0 Å². The van der Waals surface area contributed by atoms with E-state index in [1.165, 1.54) is 0 Å². The van der Waals surface area contributed by atoms with Crippen molar-refractivity contribution in [1.29, 1.82) is 0 Å². The third-order valence-electron chi connectivity index (χ3n) is 1.65. The summed E-state index contributed by atoms with van der Waals surface area (Å²) >= 11 is 3.24. The Labute approximate surface area is 91.7 Å². The second-order valence-electron chi connectivity index (χ2n) is 2.55. The normalized spacial score (nSPS) is 11.9. The van der Waals surface area contributed by atoms with Gasteiger partial charge in [0, 0.05) is 22.6 Å². The molecule has 0 bridgehead atoms. The van der Waals surface area contributed by atoms with E-state index in [0.717, 1.165) is 4.47 Å². The van der Waals surface area contributed by atoms with Crippen molar-refractivity contribution in [3.8, 4) is 5.75 Å². The van der Waals surface area contributed by atoms with Crippen LogP contribution < -0.4 is 11.5 Å². The SMILES string of the molecule is Cl.NC[C@@H](N)c1ccc(Br)cc1O. The molecule has 0 saturated heterocycles. The van der Waals surface area contributed by atoms with Gasteiger partial charge in [-0.15, -0.1) is 12.4 Å². The standard InChI is InChI=1S/C8H11BrN2O.ClH/c9-5-1-2-6(7(11)4-10)8(12)3-5;/h1-3,7,12H,4,10-11H2;1H/t7-;/m1./s1. The molecule has 0 aliphatic heterocycles. The molecule has 1 rings (SSSR count). The molecular formula is C8H12BrClN2O. The van der Waals surface area contributed by atoms with Gasteiger partial charge in [-0.3, -0.25) is 0 Å². The van der Waals surface area contributed by atoms with E-state index in [1.807, 2.05) is 6.07 Å². The number of hydrogen-bond acceptors (Lipinski definition) is 3. The first-order chi connectivity index (χ1) is 5.65. The fourth-order valence-corrected chi connectivity index (χ4v) is 1.31. The molecule has 0 aromatic heterocycles. The van der Waals surface area contributed by atoms with Crippen molar-refractivity contribution in [2.45, 2.75) is 6.04 Å². The van der Waals surface area contributed by atoms with Crippen molar-refractivity contribution in [3.63, 3.8) is 0 Å². The highest BCUT2D eigenvalue weighted by Gasteiger charge is 2.08. The van der Waals surface area contributed by atoms with E-state index < -0.39 is 0 Å². The van der Waals surface area contributed by atoms with Crippen LogP contribution >= 0.6 is 28.3 Å². The summed E-state index contributed by atoms with van der Waals surface area (Å²) in [6.07, 6.45) is 0. The lowest BCUT2D eigenvalue weighted by Gasteiger charge is -2.10. The van der Waals surface area contributed by atoms with Crippen LogP contribution in [0.3, 0.4) is 0 Å². The van der Waals surface area contributed by atoms with Crippen molar-refractivity contribution in [2.24, 2.45) is 11.5 Å². The molecule has 1 aromatic rings. The second-order valence-corrected chi connectivity index (χ2v) is 3.46. The van der Waals surface area contributed by atoms with E-state index in [4.69, 9.17) is 11.5 Å². The van der Waals surface area contributed by atoms with Crippen molar-refractivity contribution < 1.29 is 5.11 Å². The summed E-state index contributed by atoms with van der Waals surface area (Å²) in [5, 5.41) is 9.43. The Hall–Kier alpha value is -0.290. The minimum absolute atomic E-state index is 0. The van der Waals surface area contributed by atoms with E-state index in [9.17, 15) is 5.11 Å². The summed E-state index contributed by atoms with van der Waals surface area (Å²) in [4.78, 5) is 0. The second kappa shape index (κ2) is 5.44. The monoisotopic (exact) mass is 266 g/mol. The van der Waals surface area contributed by atoms with E-state index in [2.05, 4.69) is 15.9 Å². The largest absolute Gasteiger partial charge is 0.508 e. The van der Waals surface area contributed by atoms with E-state index in [1.54, 1.807) is 12.1 Å². The van der Waals surface area contributed by atoms with Gasteiger partial charge in [0.25, 0.3) is 0 Å². The van der Waals surface area contributed by atoms with E-state index >= 15 is 0 Å². The van der Waals surface area contributed by atoms with Gasteiger partial charge < -0.3 is 16.6 Å². The van der Waals surface area contributed by atoms with Crippen molar-refractivity contribution in [2.75, 3.05) is 6.54 Å². The fourth-order valence-electron chi connectivity index (χ4n) is 0.957. The molecule has 0 aliphatic rings. The molecule has 0 fully saturated rings. The number of phenolic OH excluding ortho intramolecular Hbond substituents is 1. The first kappa shape index (κ1) is 12.7. The van der Waals surface area contributed by atoms with Crippen molar-refractivity contribution in [3.05, 3.63) is 28.2 Å². The Kier molecular flexibility index (Phi) is 5.32. The quantitative estimate of drug-likeness (QED) is 0.761. The molecule has 0 heterocycles. The molecular weight excluding hydrogens is 255 g/mol. The number of aromatic hydroxyl groups is 1. The van der Waals surface area contributed by atoms with Crippen LogP contribution in [0, 0.1) is 0 Å². The maximum absolute atomic E-state index is 9.43. The summed E-state index contributed by atoms with van der Waals surface area (Å²) < 4.78 is 0.827. The molecule has 13 heavy (non-hydrogen) atoms. The van der Waals surface area contributed by atoms with Gasteiger partial charge in [-0.05, 0) is 12.1 Å². The molecule has 0 amide bonds. The number of halogens is 2. The molecule has 0 saturated carbocycles. The maximum Gasteiger partial charge on any atom is 0.121 e. The number of rotatable bonds is 2. The Morgan fingerprint density at radius 1 is 1.46 bits per heavy atom. The van der Waals surface area contributed by atoms with Gasteiger partial charge in [0.15, 0.2) is 0 Å². The molecule has 0 unspecified atom stereocenters. The lowest BCUT2D eigenvalue weighted by Crippen LogP contribution is -2.20. The average molecular weight is 268 g/mol. The van der Waals surface area contributed by atoms with Gasteiger partial charge in [-0.1, -0.05) is 22.0 Å². The molecule has 0 aliphatic carbocycles. The van der Waals surface area contributed by atoms with Crippen LogP contribution in [0.25, 0.3) is 0 Å². The highest BCUT2D eigenvalue weighted by atomic mass is 79.9. The maximum atomic E-state index is 9.43. The van der Waals surface area contributed by atoms with Crippen LogP contribution in [0.15, 0.2) is 22.7 Å². The van der Waals surface area contributed by atoms with Crippen LogP contribution in [0.1, 0.15) is 11.6 Å². The van der Waals surface area contributed by atoms with Crippen LogP contribution in [0.2, 0.25) is 0 Å². The topological polar surface area (TPSA) is 72.3 Å². The number of benzene rings is 1. The van der Waals surface area contributed by atoms with Gasteiger partial charge in [-0.25, -0.2) is 0 Å². The number of phenols is 1. The van der Waals surface area contributed by atoms with Crippen LogP contribution in [-0.4, -0.2) is 11.7 Å². The predicted octanol–water partition coefficient (Wildman–Crippen LogP) is 1.53. The lowest BCUT2D eigenvalue weighted by molar-refractivity contribution is 0.461. The Morgan fingerprint density at radius 3 is 2.54 bits per heavy atom. The van der Waals surface area contributed by atoms with Gasteiger partial charge in [0.05, 0.1) is 0 Å². The first-order valence-corrected chi connectivity index (χ1v) is 4.38. The van der Waals surface area contributed by atoms with Crippen LogP contribution in [-0.2, 0) is 0 Å². The minimum Gasteiger partial charge on any atom is -0.508 e. The highest BCUT2D eigenvalue weighted by Crippen LogP contribution is 2.25. The van der Waals surface area contributed by atoms with Crippen molar-refractivity contribution >= 4 is 28.3 Å². The highest BCUT2D eigenvalue weighted by molar-refractivity contribution is 9.10. The van der Waals surface area contributed by atoms with Crippen molar-refractivity contribution in [1.82, 2.24) is 0 Å². The zero-order valence-corrected chi connectivity index (χ0v) is 9.31. The molecule has 74 valence electrons. The summed E-state index contributed by atoms with van der Waals surface area (Å²) in [6, 6.07) is 4.89. The molecule has 0 radical (unpaired) electrons. The third-order valence-corrected chi connectivity index (χ3v) is 2.14. The minimum atomic E-state index is -0.293. The Bertz CT molecular complexity index is 283. The lowest BCUT2D eigenvalue weighted by atomic mass is 10.1. The Balaban J connectivity index is 0.00000144. The van der Waals surface area contributed by atoms with Crippen LogP contribution in [0.4, 0.5) is 0 Å². The van der Waals surface area contributed by atoms with Crippen LogP contribution in [0.5, 0.6) is 5.75 Å². The fraction of sp³-hybridized carbons (Fsp3) is 0.250. The van der Waals surface area contributed by atoms with E-state index in [0.29, 0.717) is 12.1 Å². The zero-order valence-electron chi connectivity index (χ0n) is 6.90. The zero-order chi connectivity index (χ0) is 9.14. The molecule has 1 atom stereocenters. The smallest absolute Gasteiger partial charge is 0.121 e. The molecule has 5 N–H and O–H groups in total. The van der Waals surface area contributed by atoms with Gasteiger partial charge in [-0.2, -0.15) is 0 Å². The number of nitrogens with two attached hydrogens (primary N) is 2. The first-order valence-electron chi connectivity index (χ1n) is 3.59. The van der Waals surface area contributed by atoms with Gasteiger partial charge in [0.2, 0.25) is 0 Å². The molecule has 0 spiro atoms. The summed E-state index contributed by atoms with van der Waals surface area (Å²) in [5.74, 6) is 0.183. The van der Waals surface area contributed by atoms with E-state index in [-0.39, 0.29) is 24.2 Å².